The van der Waals surface area contributed by atoms with Gasteiger partial charge in [0.15, 0.2) is 0 Å². The number of nitrogens with two attached hydrogens (primary N) is 2. The second kappa shape index (κ2) is 7.19. The standard InChI is InChI=1S/C21H22N6O/c22-16-8-6-14(10-17(16)28)19(23)18-20(24)25-11-26-21(18)27-15-7-5-12-3-1-2-4-13(12)9-15/h1-4,6,8,10-11,15,23,28H,5,7,9,22H2,(H3,24,25,26,27). The molecule has 2 aromatic carbocycles. The van der Waals surface area contributed by atoms with Crippen LogP contribution in [0.1, 0.15) is 28.7 Å². The lowest BCUT2D eigenvalue weighted by Gasteiger charge is -2.27. The highest BCUT2D eigenvalue weighted by molar-refractivity contribution is 6.16. The summed E-state index contributed by atoms with van der Waals surface area (Å²) in [6, 6.07) is 13.3. The van der Waals surface area contributed by atoms with Crippen molar-refractivity contribution in [1.29, 1.82) is 5.41 Å². The van der Waals surface area contributed by atoms with Crippen molar-refractivity contribution in [3.8, 4) is 5.75 Å². The first-order valence-corrected chi connectivity index (χ1v) is 9.14. The van der Waals surface area contributed by atoms with Crippen LogP contribution in [0.5, 0.6) is 5.75 Å². The van der Waals surface area contributed by atoms with Crippen molar-refractivity contribution in [2.24, 2.45) is 0 Å². The molecule has 1 aliphatic rings. The Bertz CT molecular complexity index is 1050. The molecule has 1 aliphatic carbocycles. The highest BCUT2D eigenvalue weighted by Crippen LogP contribution is 2.28. The second-order valence-electron chi connectivity index (χ2n) is 6.98. The Labute approximate surface area is 163 Å². The number of phenols is 1. The number of aryl methyl sites for hydroxylation is 1. The second-order valence-corrected chi connectivity index (χ2v) is 6.98. The fourth-order valence-electron chi connectivity index (χ4n) is 3.61. The fraction of sp³-hybridized carbons (Fsp3) is 0.190. The topological polar surface area (TPSA) is 134 Å². The van der Waals surface area contributed by atoms with Crippen molar-refractivity contribution >= 4 is 23.0 Å². The molecule has 0 saturated carbocycles. The van der Waals surface area contributed by atoms with E-state index in [1.165, 1.54) is 23.5 Å². The van der Waals surface area contributed by atoms with Gasteiger partial charge in [0, 0.05) is 11.6 Å². The maximum Gasteiger partial charge on any atom is 0.141 e. The number of phenolic OH excluding ortho intramolecular Hbond substituents is 1. The maximum atomic E-state index is 9.89. The molecule has 1 atom stereocenters. The van der Waals surface area contributed by atoms with Crippen LogP contribution in [0.4, 0.5) is 17.3 Å². The van der Waals surface area contributed by atoms with Crippen LogP contribution in [-0.4, -0.2) is 26.8 Å². The average Bonchev–Trinajstić information content (AvgIpc) is 2.70. The molecule has 0 bridgehead atoms. The first-order valence-electron chi connectivity index (χ1n) is 9.14. The Hall–Kier alpha value is -3.61. The molecule has 1 heterocycles. The van der Waals surface area contributed by atoms with E-state index < -0.39 is 0 Å². The van der Waals surface area contributed by atoms with Crippen LogP contribution in [0.15, 0.2) is 48.8 Å². The lowest BCUT2D eigenvalue weighted by molar-refractivity contribution is 0.478. The molecule has 1 aromatic heterocycles. The van der Waals surface area contributed by atoms with Crippen molar-refractivity contribution in [3.05, 3.63) is 71.0 Å². The van der Waals surface area contributed by atoms with Gasteiger partial charge in [-0.05, 0) is 42.5 Å². The number of nitrogen functional groups attached to an aromatic ring is 2. The Kier molecular flexibility index (Phi) is 4.57. The molecule has 0 spiro atoms. The fourth-order valence-corrected chi connectivity index (χ4v) is 3.61. The zero-order valence-electron chi connectivity index (χ0n) is 15.3. The summed E-state index contributed by atoms with van der Waals surface area (Å²) >= 11 is 0. The smallest absolute Gasteiger partial charge is 0.141 e. The third-order valence-electron chi connectivity index (χ3n) is 5.13. The van der Waals surface area contributed by atoms with Gasteiger partial charge in [-0.2, -0.15) is 0 Å². The minimum absolute atomic E-state index is 0.0731. The minimum Gasteiger partial charge on any atom is -0.506 e. The Morgan fingerprint density at radius 2 is 1.89 bits per heavy atom. The van der Waals surface area contributed by atoms with Crippen molar-refractivity contribution in [2.75, 3.05) is 16.8 Å². The number of hydrogen-bond donors (Lipinski definition) is 5. The van der Waals surface area contributed by atoms with Crippen LogP contribution in [-0.2, 0) is 12.8 Å². The lowest BCUT2D eigenvalue weighted by atomic mass is 9.88. The van der Waals surface area contributed by atoms with Gasteiger partial charge in [0.2, 0.25) is 0 Å². The molecule has 1 unspecified atom stereocenters. The Morgan fingerprint density at radius 3 is 2.68 bits per heavy atom. The molecule has 7 nitrogen and oxygen atoms in total. The van der Waals surface area contributed by atoms with Crippen LogP contribution >= 0.6 is 0 Å². The number of nitrogens with zero attached hydrogens (tertiary/aromatic N) is 2. The number of aromatic hydroxyl groups is 1. The molecule has 0 fully saturated rings. The summed E-state index contributed by atoms with van der Waals surface area (Å²) in [6.45, 7) is 0. The summed E-state index contributed by atoms with van der Waals surface area (Å²) in [5, 5.41) is 21.9. The van der Waals surface area contributed by atoms with Crippen LogP contribution in [0.3, 0.4) is 0 Å². The number of benzene rings is 2. The third kappa shape index (κ3) is 3.34. The summed E-state index contributed by atoms with van der Waals surface area (Å²) in [6.07, 6.45) is 4.24. The van der Waals surface area contributed by atoms with E-state index >= 15 is 0 Å². The summed E-state index contributed by atoms with van der Waals surface area (Å²) < 4.78 is 0. The van der Waals surface area contributed by atoms with E-state index in [1.807, 2.05) is 0 Å². The summed E-state index contributed by atoms with van der Waals surface area (Å²) in [5.41, 5.74) is 15.8. The predicted octanol–water partition coefficient (Wildman–Crippen LogP) is 2.73. The number of hydrogen-bond acceptors (Lipinski definition) is 7. The van der Waals surface area contributed by atoms with Gasteiger partial charge in [-0.3, -0.25) is 5.41 Å². The number of anilines is 3. The molecule has 0 saturated heterocycles. The Morgan fingerprint density at radius 1 is 1.11 bits per heavy atom. The minimum atomic E-state index is -0.0731. The zero-order chi connectivity index (χ0) is 19.7. The van der Waals surface area contributed by atoms with Crippen molar-refractivity contribution in [3.63, 3.8) is 0 Å². The van der Waals surface area contributed by atoms with Gasteiger partial charge in [0.25, 0.3) is 0 Å². The van der Waals surface area contributed by atoms with Crippen molar-refractivity contribution in [2.45, 2.75) is 25.3 Å². The van der Waals surface area contributed by atoms with E-state index in [4.69, 9.17) is 16.9 Å². The Balaban J connectivity index is 1.63. The molecular weight excluding hydrogens is 352 g/mol. The first kappa shape index (κ1) is 17.8. The van der Waals surface area contributed by atoms with E-state index in [0.29, 0.717) is 16.9 Å². The van der Waals surface area contributed by atoms with Gasteiger partial charge in [-0.15, -0.1) is 0 Å². The van der Waals surface area contributed by atoms with Crippen molar-refractivity contribution < 1.29 is 5.11 Å². The van der Waals surface area contributed by atoms with Crippen LogP contribution < -0.4 is 16.8 Å². The van der Waals surface area contributed by atoms with E-state index in [-0.39, 0.29) is 29.0 Å². The quantitative estimate of drug-likeness (QED) is 0.271. The number of fused-ring (bicyclic) bond motifs is 1. The summed E-state index contributed by atoms with van der Waals surface area (Å²) in [4.78, 5) is 8.40. The number of nitrogens with one attached hydrogen (secondary N) is 2. The SMILES string of the molecule is N=C(c1ccc(N)c(O)c1)c1c(N)ncnc1NC1CCc2ccccc2C1. The monoisotopic (exact) mass is 374 g/mol. The molecule has 3 aromatic rings. The molecule has 7 heteroatoms. The highest BCUT2D eigenvalue weighted by Gasteiger charge is 2.22. The van der Waals surface area contributed by atoms with Crippen molar-refractivity contribution in [1.82, 2.24) is 9.97 Å². The molecule has 4 rings (SSSR count). The van der Waals surface area contributed by atoms with E-state index in [9.17, 15) is 5.11 Å². The van der Waals surface area contributed by atoms with Gasteiger partial charge in [-0.1, -0.05) is 30.3 Å². The molecule has 142 valence electrons. The van der Waals surface area contributed by atoms with Crippen LogP contribution in [0, 0.1) is 5.41 Å². The van der Waals surface area contributed by atoms with Gasteiger partial charge < -0.3 is 21.9 Å². The van der Waals surface area contributed by atoms with Crippen LogP contribution in [0.25, 0.3) is 0 Å². The lowest BCUT2D eigenvalue weighted by Crippen LogP contribution is -2.29. The molecule has 7 N–H and O–H groups in total. The highest BCUT2D eigenvalue weighted by atomic mass is 16.3. The third-order valence-corrected chi connectivity index (χ3v) is 5.13. The normalized spacial score (nSPS) is 15.6. The van der Waals surface area contributed by atoms with E-state index in [1.54, 1.807) is 12.1 Å². The van der Waals surface area contributed by atoms with Gasteiger partial charge in [0.05, 0.1) is 17.0 Å². The summed E-state index contributed by atoms with van der Waals surface area (Å²) in [5.74, 6) is 0.671. The van der Waals surface area contributed by atoms with E-state index in [0.717, 1.165) is 19.3 Å². The average molecular weight is 374 g/mol. The van der Waals surface area contributed by atoms with Gasteiger partial charge in [0.1, 0.15) is 23.7 Å². The van der Waals surface area contributed by atoms with Crippen LogP contribution in [0.2, 0.25) is 0 Å². The molecular formula is C21H22N6O. The number of rotatable bonds is 4. The zero-order valence-corrected chi connectivity index (χ0v) is 15.3. The molecule has 0 amide bonds. The van der Waals surface area contributed by atoms with Gasteiger partial charge >= 0.3 is 0 Å². The molecule has 0 aliphatic heterocycles. The molecule has 0 radical (unpaired) electrons. The molecule has 28 heavy (non-hydrogen) atoms. The predicted molar refractivity (Wildman–Crippen MR) is 111 cm³/mol. The van der Waals surface area contributed by atoms with E-state index in [2.05, 4.69) is 39.6 Å². The summed E-state index contributed by atoms with van der Waals surface area (Å²) in [7, 11) is 0. The number of aromatic nitrogens is 2. The maximum absolute atomic E-state index is 9.89. The largest absolute Gasteiger partial charge is 0.506 e. The first-order chi connectivity index (χ1) is 13.5. The van der Waals surface area contributed by atoms with Gasteiger partial charge in [-0.25, -0.2) is 9.97 Å².